The lowest BCUT2D eigenvalue weighted by molar-refractivity contribution is -0.142. The van der Waals surface area contributed by atoms with E-state index < -0.39 is 24.0 Å². The fourth-order valence-electron chi connectivity index (χ4n) is 1.01. The van der Waals surface area contributed by atoms with Crippen LogP contribution in [0.25, 0.3) is 0 Å². The molecular weight excluding hydrogens is 264 g/mol. The van der Waals surface area contributed by atoms with Gasteiger partial charge >= 0.3 is 18.0 Å². The van der Waals surface area contributed by atoms with Crippen LogP contribution in [0, 0.1) is 0 Å². The molecule has 2 amide bonds. The lowest BCUT2D eigenvalue weighted by atomic mass is 10.1. The molecule has 1 atom stereocenters. The Morgan fingerprint density at radius 2 is 2.06 bits per heavy atom. The quantitative estimate of drug-likeness (QED) is 0.586. The molecule has 7 nitrogen and oxygen atoms in total. The van der Waals surface area contributed by atoms with Crippen molar-refractivity contribution in [2.45, 2.75) is 18.9 Å². The molecule has 0 saturated heterocycles. The van der Waals surface area contributed by atoms with Crippen molar-refractivity contribution in [1.82, 2.24) is 10.6 Å². The summed E-state index contributed by atoms with van der Waals surface area (Å²) in [5.41, 5.74) is 0. The fraction of sp³-hybridized carbons (Fsp3) is 0.500. The molecule has 0 saturated carbocycles. The number of carboxylic acid groups (broad SMARTS) is 1. The van der Waals surface area contributed by atoms with Crippen LogP contribution >= 0.6 is 11.6 Å². The number of ether oxygens (including phenoxy) is 1. The zero-order chi connectivity index (χ0) is 14.1. The van der Waals surface area contributed by atoms with Crippen molar-refractivity contribution in [2.75, 3.05) is 13.7 Å². The topological polar surface area (TPSA) is 105 Å². The highest BCUT2D eigenvalue weighted by Gasteiger charge is 2.20. The van der Waals surface area contributed by atoms with Crippen molar-refractivity contribution in [3.8, 4) is 0 Å². The first-order valence-electron chi connectivity index (χ1n) is 5.04. The maximum atomic E-state index is 11.3. The molecule has 0 rings (SSSR count). The lowest BCUT2D eigenvalue weighted by Crippen LogP contribution is -2.46. The number of carbonyl (C=O) groups excluding carboxylic acids is 2. The molecule has 0 aromatic carbocycles. The van der Waals surface area contributed by atoms with Gasteiger partial charge in [0.05, 0.1) is 13.7 Å². The molecule has 0 fully saturated rings. The third-order valence-electron chi connectivity index (χ3n) is 1.91. The van der Waals surface area contributed by atoms with E-state index in [1.807, 2.05) is 0 Å². The van der Waals surface area contributed by atoms with E-state index in [0.717, 1.165) is 0 Å². The largest absolute Gasteiger partial charge is 0.480 e. The molecule has 8 heteroatoms. The van der Waals surface area contributed by atoms with Gasteiger partial charge in [-0.3, -0.25) is 4.79 Å². The normalized spacial score (nSPS) is 11.2. The molecule has 102 valence electrons. The maximum Gasteiger partial charge on any atom is 0.326 e. The Morgan fingerprint density at radius 1 is 1.44 bits per heavy atom. The molecule has 0 aliphatic rings. The molecule has 3 N–H and O–H groups in total. The Kier molecular flexibility index (Phi) is 7.53. The van der Waals surface area contributed by atoms with Crippen molar-refractivity contribution < 1.29 is 24.2 Å². The number of esters is 1. The molecule has 18 heavy (non-hydrogen) atoms. The van der Waals surface area contributed by atoms with Crippen molar-refractivity contribution in [3.05, 3.63) is 11.6 Å². The summed E-state index contributed by atoms with van der Waals surface area (Å²) < 4.78 is 4.38. The van der Waals surface area contributed by atoms with E-state index >= 15 is 0 Å². The molecule has 0 unspecified atom stereocenters. The lowest BCUT2D eigenvalue weighted by Gasteiger charge is -2.14. The summed E-state index contributed by atoms with van der Waals surface area (Å²) in [4.78, 5) is 33.0. The second-order valence-corrected chi connectivity index (χ2v) is 3.88. The smallest absolute Gasteiger partial charge is 0.326 e. The predicted octanol–water partition coefficient (Wildman–Crippen LogP) is 0.444. The van der Waals surface area contributed by atoms with Gasteiger partial charge in [-0.25, -0.2) is 9.59 Å². The van der Waals surface area contributed by atoms with Crippen LogP contribution in [0.5, 0.6) is 0 Å². The number of hydrogen-bond donors (Lipinski definition) is 3. The molecule has 0 heterocycles. The first-order valence-corrected chi connectivity index (χ1v) is 5.42. The monoisotopic (exact) mass is 278 g/mol. The van der Waals surface area contributed by atoms with E-state index in [2.05, 4.69) is 21.9 Å². The van der Waals surface area contributed by atoms with Gasteiger partial charge < -0.3 is 20.5 Å². The number of carboxylic acids is 1. The van der Waals surface area contributed by atoms with Crippen molar-refractivity contribution in [2.24, 2.45) is 0 Å². The SMILES string of the molecule is C=C(Cl)CNC(=O)N[C@H](CCC(=O)OC)C(=O)O. The number of carbonyl (C=O) groups is 3. The molecule has 0 aliphatic carbocycles. The Balaban J connectivity index is 4.18. The van der Waals surface area contributed by atoms with E-state index in [4.69, 9.17) is 16.7 Å². The van der Waals surface area contributed by atoms with Gasteiger partial charge in [0, 0.05) is 11.5 Å². The second-order valence-electron chi connectivity index (χ2n) is 3.35. The van der Waals surface area contributed by atoms with Crippen LogP contribution in [0.1, 0.15) is 12.8 Å². The van der Waals surface area contributed by atoms with Gasteiger partial charge in [-0.05, 0) is 6.42 Å². The molecule has 0 radical (unpaired) electrons. The van der Waals surface area contributed by atoms with Crippen LogP contribution in [-0.4, -0.2) is 42.8 Å². The summed E-state index contributed by atoms with van der Waals surface area (Å²) >= 11 is 5.43. The Morgan fingerprint density at radius 3 is 2.50 bits per heavy atom. The summed E-state index contributed by atoms with van der Waals surface area (Å²) in [6, 6.07) is -1.87. The zero-order valence-corrected chi connectivity index (χ0v) is 10.6. The number of rotatable bonds is 7. The highest BCUT2D eigenvalue weighted by atomic mass is 35.5. The highest BCUT2D eigenvalue weighted by Crippen LogP contribution is 2.00. The minimum Gasteiger partial charge on any atom is -0.480 e. The average molecular weight is 279 g/mol. The van der Waals surface area contributed by atoms with Crippen molar-refractivity contribution in [3.63, 3.8) is 0 Å². The van der Waals surface area contributed by atoms with Gasteiger partial charge in [0.15, 0.2) is 0 Å². The van der Waals surface area contributed by atoms with Gasteiger partial charge in [0.1, 0.15) is 6.04 Å². The first kappa shape index (κ1) is 16.2. The van der Waals surface area contributed by atoms with Crippen LogP contribution in [0.3, 0.4) is 0 Å². The summed E-state index contributed by atoms with van der Waals surface area (Å²) in [6.45, 7) is 3.38. The van der Waals surface area contributed by atoms with Crippen LogP contribution in [0.2, 0.25) is 0 Å². The average Bonchev–Trinajstić information content (AvgIpc) is 2.30. The summed E-state index contributed by atoms with van der Waals surface area (Å²) in [6.07, 6.45) is -0.160. The number of amides is 2. The number of hydrogen-bond acceptors (Lipinski definition) is 4. The first-order chi connectivity index (χ1) is 8.36. The molecule has 0 bridgehead atoms. The Hall–Kier alpha value is -1.76. The van der Waals surface area contributed by atoms with E-state index in [0.29, 0.717) is 0 Å². The van der Waals surface area contributed by atoms with Crippen LogP contribution < -0.4 is 10.6 Å². The third-order valence-corrected chi connectivity index (χ3v) is 2.04. The van der Waals surface area contributed by atoms with Gasteiger partial charge in [-0.2, -0.15) is 0 Å². The molecule has 0 aromatic heterocycles. The number of methoxy groups -OCH3 is 1. The Labute approximate surface area is 109 Å². The summed E-state index contributed by atoms with van der Waals surface area (Å²) in [5.74, 6) is -1.78. The number of halogens is 1. The minimum absolute atomic E-state index is 0.0245. The molecule has 0 aliphatic heterocycles. The van der Waals surface area contributed by atoms with E-state index in [9.17, 15) is 14.4 Å². The van der Waals surface area contributed by atoms with Gasteiger partial charge in [-0.1, -0.05) is 18.2 Å². The van der Waals surface area contributed by atoms with Gasteiger partial charge in [0.2, 0.25) is 0 Å². The highest BCUT2D eigenvalue weighted by molar-refractivity contribution is 6.29. The maximum absolute atomic E-state index is 11.3. The van der Waals surface area contributed by atoms with Crippen LogP contribution in [0.15, 0.2) is 11.6 Å². The van der Waals surface area contributed by atoms with Crippen molar-refractivity contribution in [1.29, 1.82) is 0 Å². The van der Waals surface area contributed by atoms with Crippen molar-refractivity contribution >= 4 is 29.6 Å². The molecular formula is C10H15ClN2O5. The van der Waals surface area contributed by atoms with Gasteiger partial charge in [0.25, 0.3) is 0 Å². The van der Waals surface area contributed by atoms with E-state index in [-0.39, 0.29) is 24.4 Å². The third kappa shape index (κ3) is 7.50. The second kappa shape index (κ2) is 8.35. The predicted molar refractivity (Wildman–Crippen MR) is 64.2 cm³/mol. The van der Waals surface area contributed by atoms with E-state index in [1.54, 1.807) is 0 Å². The minimum atomic E-state index is -1.24. The Bertz CT molecular complexity index is 345. The van der Waals surface area contributed by atoms with Crippen LogP contribution in [0.4, 0.5) is 4.79 Å². The van der Waals surface area contributed by atoms with E-state index in [1.165, 1.54) is 7.11 Å². The number of nitrogens with one attached hydrogen (secondary N) is 2. The fourth-order valence-corrected chi connectivity index (χ4v) is 1.07. The number of urea groups is 1. The summed E-state index contributed by atoms with van der Waals surface area (Å²) in [7, 11) is 1.20. The number of aliphatic carboxylic acids is 1. The zero-order valence-electron chi connectivity index (χ0n) is 9.86. The van der Waals surface area contributed by atoms with Crippen LogP contribution in [-0.2, 0) is 14.3 Å². The molecule has 0 aromatic rings. The summed E-state index contributed by atoms with van der Waals surface area (Å²) in [5, 5.41) is 13.6. The standard InChI is InChI=1S/C10H15ClN2O5/c1-6(11)5-12-10(17)13-7(9(15)16)3-4-8(14)18-2/h7H,1,3-5H2,2H3,(H,15,16)(H2,12,13,17)/t7-/m1/s1. The van der Waals surface area contributed by atoms with Gasteiger partial charge in [-0.15, -0.1) is 0 Å². The molecule has 0 spiro atoms.